The summed E-state index contributed by atoms with van der Waals surface area (Å²) in [5.41, 5.74) is 0.901. The maximum atomic E-state index is 11.1. The highest BCUT2D eigenvalue weighted by Gasteiger charge is 2.08. The van der Waals surface area contributed by atoms with E-state index < -0.39 is 0 Å². The summed E-state index contributed by atoms with van der Waals surface area (Å²) < 4.78 is 5.14. The van der Waals surface area contributed by atoms with Crippen molar-refractivity contribution in [2.24, 2.45) is 0 Å². The number of hydrogen-bond acceptors (Lipinski definition) is 2. The summed E-state index contributed by atoms with van der Waals surface area (Å²) in [5.74, 6) is 0.273. The zero-order valence-corrected chi connectivity index (χ0v) is 8.97. The second-order valence-corrected chi connectivity index (χ2v) is 3.61. The molecular formula is C11H10ClNO2. The van der Waals surface area contributed by atoms with Gasteiger partial charge in [0.15, 0.2) is 5.75 Å². The van der Waals surface area contributed by atoms with Crippen molar-refractivity contribution >= 4 is 28.5 Å². The molecule has 0 unspecified atom stereocenters. The van der Waals surface area contributed by atoms with Crippen LogP contribution in [0.2, 0.25) is 5.02 Å². The molecule has 0 aliphatic carbocycles. The largest absolute Gasteiger partial charge is 0.424 e. The number of carbonyl (C=O) groups is 1. The van der Waals surface area contributed by atoms with Gasteiger partial charge in [0.1, 0.15) is 0 Å². The van der Waals surface area contributed by atoms with Crippen LogP contribution in [-0.4, -0.2) is 11.0 Å². The van der Waals surface area contributed by atoms with Crippen LogP contribution in [0, 0.1) is 0 Å². The number of benzene rings is 1. The lowest BCUT2D eigenvalue weighted by Gasteiger charge is -2.00. The van der Waals surface area contributed by atoms with Crippen LogP contribution in [0.25, 0.3) is 10.9 Å². The quantitative estimate of drug-likeness (QED) is 0.795. The topological polar surface area (TPSA) is 42.1 Å². The number of halogens is 1. The van der Waals surface area contributed by atoms with Crippen LogP contribution < -0.4 is 4.74 Å². The van der Waals surface area contributed by atoms with Crippen LogP contribution in [0.5, 0.6) is 5.75 Å². The first-order valence-electron chi connectivity index (χ1n) is 4.68. The molecule has 4 heteroatoms. The Morgan fingerprint density at radius 1 is 1.53 bits per heavy atom. The van der Waals surface area contributed by atoms with Gasteiger partial charge in [-0.2, -0.15) is 0 Å². The molecule has 0 atom stereocenters. The zero-order chi connectivity index (χ0) is 10.8. The highest BCUT2D eigenvalue weighted by atomic mass is 35.5. The van der Waals surface area contributed by atoms with Gasteiger partial charge in [0, 0.05) is 28.5 Å². The molecule has 0 aliphatic heterocycles. The fourth-order valence-corrected chi connectivity index (χ4v) is 1.52. The van der Waals surface area contributed by atoms with E-state index in [-0.39, 0.29) is 5.97 Å². The summed E-state index contributed by atoms with van der Waals surface area (Å²) in [7, 11) is 0. The van der Waals surface area contributed by atoms with Crippen LogP contribution in [0.15, 0.2) is 24.4 Å². The SMILES string of the molecule is CCC(=O)Oc1c[nH]c2ccc(Cl)cc12. The molecule has 1 aromatic carbocycles. The van der Waals surface area contributed by atoms with E-state index in [0.717, 1.165) is 10.9 Å². The molecule has 1 aromatic heterocycles. The van der Waals surface area contributed by atoms with E-state index in [1.54, 1.807) is 25.3 Å². The van der Waals surface area contributed by atoms with Crippen LogP contribution in [0.1, 0.15) is 13.3 Å². The summed E-state index contributed by atoms with van der Waals surface area (Å²) in [6.07, 6.45) is 2.02. The Bertz CT molecular complexity index is 504. The molecule has 0 aliphatic rings. The first kappa shape index (κ1) is 10.1. The molecule has 0 saturated carbocycles. The van der Waals surface area contributed by atoms with Gasteiger partial charge in [-0.1, -0.05) is 18.5 Å². The van der Waals surface area contributed by atoms with Crippen molar-refractivity contribution in [3.63, 3.8) is 0 Å². The third kappa shape index (κ3) is 1.97. The first-order chi connectivity index (χ1) is 7.20. The number of aromatic amines is 1. The van der Waals surface area contributed by atoms with Crippen molar-refractivity contribution in [1.82, 2.24) is 4.98 Å². The van der Waals surface area contributed by atoms with Crippen molar-refractivity contribution in [3.05, 3.63) is 29.4 Å². The van der Waals surface area contributed by atoms with E-state index in [1.165, 1.54) is 0 Å². The third-order valence-electron chi connectivity index (χ3n) is 2.12. The number of ether oxygens (including phenoxy) is 1. The second kappa shape index (κ2) is 3.95. The number of carbonyl (C=O) groups excluding carboxylic acids is 1. The van der Waals surface area contributed by atoms with E-state index in [4.69, 9.17) is 16.3 Å². The molecule has 0 bridgehead atoms. The Balaban J connectivity index is 2.43. The molecule has 0 amide bonds. The van der Waals surface area contributed by atoms with Crippen molar-refractivity contribution in [1.29, 1.82) is 0 Å². The fraction of sp³-hybridized carbons (Fsp3) is 0.182. The number of rotatable bonds is 2. The predicted molar refractivity (Wildman–Crippen MR) is 59.2 cm³/mol. The van der Waals surface area contributed by atoms with Crippen molar-refractivity contribution < 1.29 is 9.53 Å². The molecular weight excluding hydrogens is 214 g/mol. The molecule has 2 aromatic rings. The molecule has 0 saturated heterocycles. The van der Waals surface area contributed by atoms with E-state index in [1.807, 2.05) is 6.07 Å². The highest BCUT2D eigenvalue weighted by Crippen LogP contribution is 2.28. The van der Waals surface area contributed by atoms with Crippen molar-refractivity contribution in [3.8, 4) is 5.75 Å². The molecule has 2 rings (SSSR count). The summed E-state index contributed by atoms with van der Waals surface area (Å²) >= 11 is 5.86. The second-order valence-electron chi connectivity index (χ2n) is 3.17. The molecule has 78 valence electrons. The van der Waals surface area contributed by atoms with Crippen LogP contribution in [0.3, 0.4) is 0 Å². The summed E-state index contributed by atoms with van der Waals surface area (Å²) in [4.78, 5) is 14.1. The summed E-state index contributed by atoms with van der Waals surface area (Å²) in [6.45, 7) is 1.75. The fourth-order valence-electron chi connectivity index (χ4n) is 1.35. The average Bonchev–Trinajstić information content (AvgIpc) is 2.61. The molecule has 0 spiro atoms. The Morgan fingerprint density at radius 2 is 2.33 bits per heavy atom. The smallest absolute Gasteiger partial charge is 0.310 e. The van der Waals surface area contributed by atoms with E-state index in [2.05, 4.69) is 4.98 Å². The Morgan fingerprint density at radius 3 is 3.07 bits per heavy atom. The molecule has 0 radical (unpaired) electrons. The zero-order valence-electron chi connectivity index (χ0n) is 8.21. The van der Waals surface area contributed by atoms with Gasteiger partial charge in [-0.05, 0) is 18.2 Å². The monoisotopic (exact) mass is 223 g/mol. The molecule has 3 nitrogen and oxygen atoms in total. The number of fused-ring (bicyclic) bond motifs is 1. The number of nitrogens with one attached hydrogen (secondary N) is 1. The Kier molecular flexibility index (Phi) is 2.64. The van der Waals surface area contributed by atoms with Gasteiger partial charge >= 0.3 is 5.97 Å². The first-order valence-corrected chi connectivity index (χ1v) is 5.06. The summed E-state index contributed by atoms with van der Waals surface area (Å²) in [5, 5.41) is 1.44. The van der Waals surface area contributed by atoms with Gasteiger partial charge in [-0.3, -0.25) is 4.79 Å². The maximum absolute atomic E-state index is 11.1. The molecule has 1 heterocycles. The number of hydrogen-bond donors (Lipinski definition) is 1. The minimum absolute atomic E-state index is 0.254. The maximum Gasteiger partial charge on any atom is 0.310 e. The Hall–Kier alpha value is -1.48. The third-order valence-corrected chi connectivity index (χ3v) is 2.35. The normalized spacial score (nSPS) is 10.5. The van der Waals surface area contributed by atoms with E-state index in [9.17, 15) is 4.79 Å². The van der Waals surface area contributed by atoms with Crippen LogP contribution in [-0.2, 0) is 4.79 Å². The van der Waals surface area contributed by atoms with E-state index >= 15 is 0 Å². The molecule has 0 fully saturated rings. The van der Waals surface area contributed by atoms with Crippen LogP contribution >= 0.6 is 11.6 Å². The lowest BCUT2D eigenvalue weighted by molar-refractivity contribution is -0.133. The average molecular weight is 224 g/mol. The van der Waals surface area contributed by atoms with Gasteiger partial charge in [-0.15, -0.1) is 0 Å². The van der Waals surface area contributed by atoms with Gasteiger partial charge in [0.2, 0.25) is 0 Å². The van der Waals surface area contributed by atoms with Crippen molar-refractivity contribution in [2.45, 2.75) is 13.3 Å². The minimum Gasteiger partial charge on any atom is -0.424 e. The highest BCUT2D eigenvalue weighted by molar-refractivity contribution is 6.31. The van der Waals surface area contributed by atoms with Crippen LogP contribution in [0.4, 0.5) is 0 Å². The molecule has 15 heavy (non-hydrogen) atoms. The van der Waals surface area contributed by atoms with Crippen molar-refractivity contribution in [2.75, 3.05) is 0 Å². The lowest BCUT2D eigenvalue weighted by atomic mass is 10.2. The Labute approximate surface area is 92.0 Å². The van der Waals surface area contributed by atoms with E-state index in [0.29, 0.717) is 17.2 Å². The predicted octanol–water partition coefficient (Wildman–Crippen LogP) is 3.14. The number of esters is 1. The summed E-state index contributed by atoms with van der Waals surface area (Å²) in [6, 6.07) is 5.40. The standard InChI is InChI=1S/C11H10ClNO2/c1-2-11(14)15-10-6-13-9-4-3-7(12)5-8(9)10/h3-6,13H,2H2,1H3. The lowest BCUT2D eigenvalue weighted by Crippen LogP contribution is -2.04. The minimum atomic E-state index is -0.254. The van der Waals surface area contributed by atoms with Gasteiger partial charge in [-0.25, -0.2) is 0 Å². The van der Waals surface area contributed by atoms with Gasteiger partial charge in [0.05, 0.1) is 0 Å². The molecule has 1 N–H and O–H groups in total. The van der Waals surface area contributed by atoms with Gasteiger partial charge < -0.3 is 9.72 Å². The number of aromatic nitrogens is 1. The van der Waals surface area contributed by atoms with Gasteiger partial charge in [0.25, 0.3) is 0 Å². The number of H-pyrrole nitrogens is 1.